The Hall–Kier alpha value is -3.81. The van der Waals surface area contributed by atoms with E-state index in [0.717, 1.165) is 24.2 Å². The fraction of sp³-hybridized carbons (Fsp3) is 0.182. The average molecular weight is 403 g/mol. The molecule has 2 aromatic carbocycles. The number of benzene rings is 2. The molecule has 5 rings (SSSR count). The number of nitrogens with zero attached hydrogens (tertiary/aromatic N) is 4. The molecule has 1 aliphatic rings. The van der Waals surface area contributed by atoms with Crippen LogP contribution >= 0.6 is 0 Å². The number of aromatic nitrogens is 4. The smallest absolute Gasteiger partial charge is 0.293 e. The molecule has 1 saturated carbocycles. The Bertz CT molecular complexity index is 1310. The van der Waals surface area contributed by atoms with Gasteiger partial charge < -0.3 is 5.32 Å². The number of para-hydroxylation sites is 1. The van der Waals surface area contributed by atoms with Crippen molar-refractivity contribution in [1.82, 2.24) is 19.6 Å². The van der Waals surface area contributed by atoms with Crippen LogP contribution in [0.25, 0.3) is 16.6 Å². The molecule has 8 heteroatoms. The van der Waals surface area contributed by atoms with Crippen molar-refractivity contribution >= 4 is 22.5 Å². The lowest BCUT2D eigenvalue weighted by molar-refractivity contribution is -0.117. The van der Waals surface area contributed by atoms with Crippen LogP contribution in [-0.2, 0) is 11.3 Å². The minimum absolute atomic E-state index is 0.263. The van der Waals surface area contributed by atoms with Crippen molar-refractivity contribution in [3.8, 4) is 5.69 Å². The van der Waals surface area contributed by atoms with Gasteiger partial charge in [0.2, 0.25) is 5.91 Å². The van der Waals surface area contributed by atoms with E-state index in [1.54, 1.807) is 16.9 Å². The number of carbonyl (C=O) groups excluding carboxylic acids is 1. The highest BCUT2D eigenvalue weighted by molar-refractivity contribution is 5.90. The average Bonchev–Trinajstić information content (AvgIpc) is 3.48. The van der Waals surface area contributed by atoms with Crippen LogP contribution < -0.4 is 10.9 Å². The summed E-state index contributed by atoms with van der Waals surface area (Å²) >= 11 is 0. The highest BCUT2D eigenvalue weighted by Gasteiger charge is 2.30. The van der Waals surface area contributed by atoms with Gasteiger partial charge in [0.15, 0.2) is 0 Å². The number of halogens is 1. The Morgan fingerprint density at radius 2 is 1.93 bits per heavy atom. The number of fused-ring (bicyclic) bond motifs is 1. The summed E-state index contributed by atoms with van der Waals surface area (Å²) in [5, 5.41) is 12.2. The first-order chi connectivity index (χ1) is 14.6. The van der Waals surface area contributed by atoms with Gasteiger partial charge in [-0.1, -0.05) is 24.3 Å². The van der Waals surface area contributed by atoms with Gasteiger partial charge in [0.1, 0.15) is 17.9 Å². The van der Waals surface area contributed by atoms with Crippen LogP contribution in [0.3, 0.4) is 0 Å². The molecule has 0 bridgehead atoms. The van der Waals surface area contributed by atoms with Gasteiger partial charge in [-0.25, -0.2) is 13.8 Å². The van der Waals surface area contributed by atoms with Crippen molar-refractivity contribution in [1.29, 1.82) is 0 Å². The monoisotopic (exact) mass is 403 g/mol. The summed E-state index contributed by atoms with van der Waals surface area (Å²) in [6.45, 7) is -0.273. The summed E-state index contributed by atoms with van der Waals surface area (Å²) < 4.78 is 16.1. The van der Waals surface area contributed by atoms with Crippen LogP contribution in [0.5, 0.6) is 0 Å². The maximum atomic E-state index is 13.4. The van der Waals surface area contributed by atoms with E-state index in [-0.39, 0.29) is 12.5 Å². The highest BCUT2D eigenvalue weighted by atomic mass is 19.1. The van der Waals surface area contributed by atoms with Gasteiger partial charge in [-0.2, -0.15) is 10.2 Å². The van der Waals surface area contributed by atoms with Crippen molar-refractivity contribution in [3.63, 3.8) is 0 Å². The fourth-order valence-corrected chi connectivity index (χ4v) is 3.53. The van der Waals surface area contributed by atoms with Gasteiger partial charge in [-0.3, -0.25) is 9.59 Å². The summed E-state index contributed by atoms with van der Waals surface area (Å²) in [7, 11) is 0. The first-order valence-corrected chi connectivity index (χ1v) is 9.70. The summed E-state index contributed by atoms with van der Waals surface area (Å²) in [5.41, 5.74) is 1.87. The molecule has 2 aromatic heterocycles. The quantitative estimate of drug-likeness (QED) is 0.555. The molecule has 0 atom stereocenters. The van der Waals surface area contributed by atoms with E-state index in [4.69, 9.17) is 0 Å². The Balaban J connectivity index is 1.56. The van der Waals surface area contributed by atoms with Crippen LogP contribution in [0.1, 0.15) is 24.5 Å². The Kier molecular flexibility index (Phi) is 4.39. The van der Waals surface area contributed by atoms with Crippen molar-refractivity contribution in [3.05, 3.63) is 82.7 Å². The Labute approximate surface area is 170 Å². The molecule has 2 heterocycles. The van der Waals surface area contributed by atoms with Gasteiger partial charge in [-0.05, 0) is 43.2 Å². The number of carbonyl (C=O) groups is 1. The molecule has 0 radical (unpaired) electrons. The topological polar surface area (TPSA) is 81.8 Å². The third kappa shape index (κ3) is 3.36. The number of anilines is 1. The molecule has 0 unspecified atom stereocenters. The second-order valence-corrected chi connectivity index (χ2v) is 7.34. The first-order valence-electron chi connectivity index (χ1n) is 9.70. The van der Waals surface area contributed by atoms with Crippen LogP contribution in [0.15, 0.2) is 65.6 Å². The van der Waals surface area contributed by atoms with E-state index >= 15 is 0 Å². The Morgan fingerprint density at radius 3 is 2.67 bits per heavy atom. The molecule has 150 valence electrons. The van der Waals surface area contributed by atoms with Crippen LogP contribution in [0, 0.1) is 5.82 Å². The maximum absolute atomic E-state index is 13.4. The Morgan fingerprint density at radius 1 is 1.13 bits per heavy atom. The molecular formula is C22H18FN5O2. The van der Waals surface area contributed by atoms with Crippen molar-refractivity contribution in [2.45, 2.75) is 25.3 Å². The van der Waals surface area contributed by atoms with Crippen molar-refractivity contribution in [2.75, 3.05) is 5.32 Å². The molecule has 0 spiro atoms. The molecule has 1 amide bonds. The van der Waals surface area contributed by atoms with E-state index in [0.29, 0.717) is 16.6 Å². The molecule has 1 fully saturated rings. The first kappa shape index (κ1) is 18.2. The fourth-order valence-electron chi connectivity index (χ4n) is 3.53. The lowest BCUT2D eigenvalue weighted by Crippen LogP contribution is -2.31. The number of nitrogens with one attached hydrogen (secondary N) is 1. The summed E-state index contributed by atoms with van der Waals surface area (Å²) in [6.07, 6.45) is 3.65. The minimum atomic E-state index is -0.456. The summed E-state index contributed by atoms with van der Waals surface area (Å²) in [5.74, 6) is -0.645. The molecule has 7 nitrogen and oxygen atoms in total. The van der Waals surface area contributed by atoms with E-state index in [1.165, 1.54) is 22.9 Å². The lowest BCUT2D eigenvalue weighted by Gasteiger charge is -2.10. The third-order valence-electron chi connectivity index (χ3n) is 5.08. The number of rotatable bonds is 5. The predicted molar refractivity (Wildman–Crippen MR) is 110 cm³/mol. The standard InChI is InChI=1S/C22H18FN5O2/c23-15-5-4-6-16(11-15)25-19(29)13-27-22(30)21-18(20(26-27)14-9-10-14)12-24-28(21)17-7-2-1-3-8-17/h1-8,11-12,14H,9-10,13H2,(H,25,29). The molecule has 0 saturated heterocycles. The molecule has 4 aromatic rings. The van der Waals surface area contributed by atoms with Gasteiger partial charge in [0, 0.05) is 17.0 Å². The van der Waals surface area contributed by atoms with E-state index in [1.807, 2.05) is 30.3 Å². The van der Waals surface area contributed by atoms with Gasteiger partial charge in [0.25, 0.3) is 5.56 Å². The molecule has 0 aliphatic heterocycles. The maximum Gasteiger partial charge on any atom is 0.293 e. The van der Waals surface area contributed by atoms with Crippen LogP contribution in [-0.4, -0.2) is 25.5 Å². The van der Waals surface area contributed by atoms with Gasteiger partial charge in [0.05, 0.1) is 17.6 Å². The van der Waals surface area contributed by atoms with Crippen molar-refractivity contribution < 1.29 is 9.18 Å². The van der Waals surface area contributed by atoms with E-state index < -0.39 is 17.3 Å². The van der Waals surface area contributed by atoms with E-state index in [2.05, 4.69) is 15.5 Å². The SMILES string of the molecule is O=C(Cn1nc(C2CC2)c2cnn(-c3ccccc3)c2c1=O)Nc1cccc(F)c1. The summed E-state index contributed by atoms with van der Waals surface area (Å²) in [4.78, 5) is 25.7. The number of amides is 1. The molecule has 30 heavy (non-hydrogen) atoms. The second kappa shape index (κ2) is 7.22. The molecule has 1 aliphatic carbocycles. The zero-order valence-electron chi connectivity index (χ0n) is 16.0. The highest BCUT2D eigenvalue weighted by Crippen LogP contribution is 2.41. The normalized spacial score (nSPS) is 13.5. The third-order valence-corrected chi connectivity index (χ3v) is 5.08. The molecule has 1 N–H and O–H groups in total. The zero-order chi connectivity index (χ0) is 20.7. The zero-order valence-corrected chi connectivity index (χ0v) is 16.0. The number of hydrogen-bond donors (Lipinski definition) is 1. The van der Waals surface area contributed by atoms with Gasteiger partial charge >= 0.3 is 0 Å². The molecular weight excluding hydrogens is 385 g/mol. The van der Waals surface area contributed by atoms with Gasteiger partial charge in [-0.15, -0.1) is 0 Å². The predicted octanol–water partition coefficient (Wildman–Crippen LogP) is 3.24. The van der Waals surface area contributed by atoms with E-state index in [9.17, 15) is 14.0 Å². The van der Waals surface area contributed by atoms with Crippen LogP contribution in [0.2, 0.25) is 0 Å². The lowest BCUT2D eigenvalue weighted by atomic mass is 10.2. The second-order valence-electron chi connectivity index (χ2n) is 7.34. The minimum Gasteiger partial charge on any atom is -0.324 e. The number of hydrogen-bond acceptors (Lipinski definition) is 4. The summed E-state index contributed by atoms with van der Waals surface area (Å²) in [6, 6.07) is 15.0. The largest absolute Gasteiger partial charge is 0.324 e. The van der Waals surface area contributed by atoms with Crippen LogP contribution in [0.4, 0.5) is 10.1 Å². The van der Waals surface area contributed by atoms with Crippen molar-refractivity contribution in [2.24, 2.45) is 0 Å².